The largest absolute Gasteiger partial charge is 0.455 e. The van der Waals surface area contributed by atoms with E-state index < -0.39 is 85.8 Å². The third-order valence-corrected chi connectivity index (χ3v) is 7.53. The van der Waals surface area contributed by atoms with E-state index in [0.29, 0.717) is 6.07 Å². The van der Waals surface area contributed by atoms with Gasteiger partial charge in [0.05, 0.1) is 28.4 Å². The number of hydrogen-bond acceptors (Lipinski definition) is 11. The van der Waals surface area contributed by atoms with Crippen molar-refractivity contribution in [2.75, 3.05) is 10.7 Å². The van der Waals surface area contributed by atoms with Crippen molar-refractivity contribution in [1.29, 1.82) is 0 Å². The number of hydrogen-bond donors (Lipinski definition) is 3. The zero-order chi connectivity index (χ0) is 31.9. The summed E-state index contributed by atoms with van der Waals surface area (Å²) >= 11 is 0. The highest BCUT2D eigenvalue weighted by Gasteiger charge is 2.41. The number of fused-ring (bicyclic) bond motifs is 1. The molecule has 0 fully saturated rings. The molecule has 1 aliphatic heterocycles. The summed E-state index contributed by atoms with van der Waals surface area (Å²) < 4.78 is 89.8. The molecule has 43 heavy (non-hydrogen) atoms. The number of alkyl carbamates (subject to hydrolysis) is 1. The number of carbonyl (C=O) groups is 2. The Morgan fingerprint density at radius 2 is 1.98 bits per heavy atom. The van der Waals surface area contributed by atoms with Crippen LogP contribution < -0.4 is 16.0 Å². The van der Waals surface area contributed by atoms with E-state index in [1.54, 1.807) is 20.8 Å². The summed E-state index contributed by atoms with van der Waals surface area (Å²) in [5, 5.41) is 16.9. The number of aromatic nitrogens is 3. The number of nitrogens with two attached hydrogens (primary N) is 1. The molecular formula is C24H23F4N7O7S. The fraction of sp³-hybridized carbons (Fsp3) is 0.333. The molecule has 230 valence electrons. The first-order chi connectivity index (χ1) is 19.9. The number of halogens is 4. The van der Waals surface area contributed by atoms with Gasteiger partial charge in [0.2, 0.25) is 0 Å². The fourth-order valence-electron chi connectivity index (χ4n) is 3.93. The molecule has 1 aromatic carbocycles. The van der Waals surface area contributed by atoms with Crippen LogP contribution in [-0.4, -0.2) is 64.0 Å². The molecule has 2 aromatic heterocycles. The van der Waals surface area contributed by atoms with Crippen LogP contribution in [0.4, 0.5) is 28.0 Å². The van der Waals surface area contributed by atoms with Crippen LogP contribution in [0.1, 0.15) is 37.7 Å². The SMILES string of the molecule is CC(C)(C)OC(=O)N[C@H]1CS(=O)(=O)c2cc(F)c(/C(N)=N/O)cc2N(Cc2ccc(-c3nc(C(F)(F)F)no3)nc2)C1=O. The molecule has 0 spiro atoms. The number of oxime groups is 1. The van der Waals surface area contributed by atoms with Gasteiger partial charge in [0.25, 0.3) is 17.6 Å². The molecule has 4 rings (SSSR count). The molecule has 3 heterocycles. The Kier molecular flexibility index (Phi) is 8.05. The van der Waals surface area contributed by atoms with Crippen LogP contribution in [-0.2, 0) is 32.1 Å². The van der Waals surface area contributed by atoms with Crippen LogP contribution in [0.25, 0.3) is 11.6 Å². The van der Waals surface area contributed by atoms with Gasteiger partial charge in [-0.2, -0.15) is 18.2 Å². The highest BCUT2D eigenvalue weighted by atomic mass is 32.2. The minimum atomic E-state index is -4.85. The van der Waals surface area contributed by atoms with Crippen molar-refractivity contribution in [3.8, 4) is 11.6 Å². The van der Waals surface area contributed by atoms with Gasteiger partial charge in [0, 0.05) is 6.20 Å². The number of amides is 2. The van der Waals surface area contributed by atoms with Crippen molar-refractivity contribution in [1.82, 2.24) is 20.4 Å². The average Bonchev–Trinajstić information content (AvgIpc) is 3.39. The molecule has 0 radical (unpaired) electrons. The van der Waals surface area contributed by atoms with Crippen LogP contribution in [0.3, 0.4) is 0 Å². The third-order valence-electron chi connectivity index (χ3n) is 5.76. The van der Waals surface area contributed by atoms with Crippen molar-refractivity contribution in [3.05, 3.63) is 53.2 Å². The molecular weight excluding hydrogens is 606 g/mol. The van der Waals surface area contributed by atoms with Crippen LogP contribution >= 0.6 is 0 Å². The topological polar surface area (TPSA) is 203 Å². The van der Waals surface area contributed by atoms with Gasteiger partial charge in [0.15, 0.2) is 15.7 Å². The molecule has 0 aliphatic carbocycles. The molecule has 2 amide bonds. The molecule has 4 N–H and O–H groups in total. The monoisotopic (exact) mass is 629 g/mol. The van der Waals surface area contributed by atoms with Gasteiger partial charge in [-0.15, -0.1) is 0 Å². The molecule has 0 saturated carbocycles. The van der Waals surface area contributed by atoms with E-state index in [1.165, 1.54) is 12.1 Å². The van der Waals surface area contributed by atoms with Crippen molar-refractivity contribution in [3.63, 3.8) is 0 Å². The number of ether oxygens (including phenoxy) is 1. The summed E-state index contributed by atoms with van der Waals surface area (Å²) in [4.78, 5) is 33.7. The van der Waals surface area contributed by atoms with Gasteiger partial charge < -0.3 is 30.4 Å². The van der Waals surface area contributed by atoms with Crippen LogP contribution in [0.5, 0.6) is 0 Å². The highest BCUT2D eigenvalue weighted by molar-refractivity contribution is 7.91. The van der Waals surface area contributed by atoms with Crippen molar-refractivity contribution in [2.45, 2.75) is 50.0 Å². The molecule has 0 unspecified atom stereocenters. The van der Waals surface area contributed by atoms with Crippen LogP contribution in [0.2, 0.25) is 0 Å². The minimum Gasteiger partial charge on any atom is -0.444 e. The zero-order valence-electron chi connectivity index (χ0n) is 22.5. The van der Waals surface area contributed by atoms with E-state index in [-0.39, 0.29) is 16.9 Å². The number of carbonyl (C=O) groups excluding carboxylic acids is 2. The Bertz CT molecular complexity index is 1700. The minimum absolute atomic E-state index is 0.141. The summed E-state index contributed by atoms with van der Waals surface area (Å²) in [7, 11) is -4.45. The van der Waals surface area contributed by atoms with Gasteiger partial charge in [-0.3, -0.25) is 9.78 Å². The summed E-state index contributed by atoms with van der Waals surface area (Å²) in [5.74, 6) is -5.87. The molecule has 14 nitrogen and oxygen atoms in total. The Balaban J connectivity index is 1.76. The quantitative estimate of drug-likeness (QED) is 0.123. The van der Waals surface area contributed by atoms with Crippen LogP contribution in [0.15, 0.2) is 45.0 Å². The number of alkyl halides is 3. The summed E-state index contributed by atoms with van der Waals surface area (Å²) in [6.45, 7) is 4.21. The standard InChI is InChI=1S/C24H23F4N7O7S/c1-23(2,3)41-22(37)31-15-10-43(39,40)17-7-13(25)12(18(29)33-38)6-16(17)35(20(15)36)9-11-4-5-14(30-8-11)19-32-21(34-42-19)24(26,27)28/h4-8,15,38H,9-10H2,1-3H3,(H2,29,33)(H,31,37)/t15-/m0/s1. The first-order valence-electron chi connectivity index (χ1n) is 12.1. The molecule has 0 bridgehead atoms. The Morgan fingerprint density at radius 3 is 2.53 bits per heavy atom. The van der Waals surface area contributed by atoms with Gasteiger partial charge in [-0.05, 0) is 44.5 Å². The normalized spacial score (nSPS) is 17.3. The lowest BCUT2D eigenvalue weighted by atomic mass is 10.1. The molecule has 1 aliphatic rings. The van der Waals surface area contributed by atoms with Gasteiger partial charge in [-0.1, -0.05) is 16.4 Å². The second-order valence-electron chi connectivity index (χ2n) is 10.2. The lowest BCUT2D eigenvalue weighted by Gasteiger charge is -2.27. The van der Waals surface area contributed by atoms with Crippen LogP contribution in [0, 0.1) is 5.82 Å². The second-order valence-corrected chi connectivity index (χ2v) is 12.2. The number of nitrogens with zero attached hydrogens (tertiary/aromatic N) is 5. The summed E-state index contributed by atoms with van der Waals surface area (Å²) in [6, 6.07) is 2.34. The number of sulfone groups is 1. The summed E-state index contributed by atoms with van der Waals surface area (Å²) in [5.41, 5.74) is 3.74. The van der Waals surface area contributed by atoms with E-state index >= 15 is 0 Å². The van der Waals surface area contributed by atoms with Crippen molar-refractivity contribution in [2.24, 2.45) is 10.9 Å². The van der Waals surface area contributed by atoms with E-state index in [4.69, 9.17) is 15.7 Å². The highest BCUT2D eigenvalue weighted by Crippen LogP contribution is 2.35. The second kappa shape index (κ2) is 11.1. The Hall–Kier alpha value is -4.81. The van der Waals surface area contributed by atoms with Crippen molar-refractivity contribution < 1.29 is 50.0 Å². The lowest BCUT2D eigenvalue weighted by molar-refractivity contribution is -0.146. The number of benzene rings is 1. The Labute approximate surface area is 240 Å². The number of pyridine rings is 1. The van der Waals surface area contributed by atoms with Gasteiger partial charge in [0.1, 0.15) is 23.2 Å². The zero-order valence-corrected chi connectivity index (χ0v) is 23.3. The third kappa shape index (κ3) is 6.82. The Morgan fingerprint density at radius 1 is 1.28 bits per heavy atom. The molecule has 19 heteroatoms. The predicted molar refractivity (Wildman–Crippen MR) is 138 cm³/mol. The summed E-state index contributed by atoms with van der Waals surface area (Å²) in [6.07, 6.45) is -4.81. The van der Waals surface area contributed by atoms with E-state index in [9.17, 15) is 35.6 Å². The van der Waals surface area contributed by atoms with E-state index in [1.807, 2.05) is 0 Å². The molecule has 0 saturated heterocycles. The van der Waals surface area contributed by atoms with Crippen molar-refractivity contribution >= 4 is 33.4 Å². The smallest absolute Gasteiger partial charge is 0.444 e. The van der Waals surface area contributed by atoms with E-state index in [2.05, 4.69) is 30.1 Å². The predicted octanol–water partition coefficient (Wildman–Crippen LogP) is 2.60. The fourth-order valence-corrected chi connectivity index (χ4v) is 5.54. The van der Waals surface area contributed by atoms with E-state index in [0.717, 1.165) is 17.2 Å². The number of anilines is 1. The molecule has 3 aromatic rings. The lowest BCUT2D eigenvalue weighted by Crippen LogP contribution is -2.51. The number of nitrogens with one attached hydrogen (secondary N) is 1. The molecule has 1 atom stereocenters. The maximum Gasteiger partial charge on any atom is 0.455 e. The maximum atomic E-state index is 14.9. The van der Waals surface area contributed by atoms with Gasteiger partial charge in [-0.25, -0.2) is 17.6 Å². The first-order valence-corrected chi connectivity index (χ1v) is 13.8. The number of amidine groups is 1. The number of rotatable bonds is 5. The average molecular weight is 630 g/mol. The maximum absolute atomic E-state index is 14.9. The first kappa shape index (κ1) is 31.1. The van der Waals surface area contributed by atoms with Gasteiger partial charge >= 0.3 is 12.3 Å².